The fourth-order valence-electron chi connectivity index (χ4n) is 3.71. The molecule has 2 heterocycles. The molecule has 9 heteroatoms. The number of ether oxygens (including phenoxy) is 1. The molecule has 2 aromatic carbocycles. The molecule has 2 aliphatic heterocycles. The fourth-order valence-corrected chi connectivity index (χ4v) is 5.11. The number of carbonyl (C=O) groups is 1. The summed E-state index contributed by atoms with van der Waals surface area (Å²) < 4.78 is 33.9. The van der Waals surface area contributed by atoms with Crippen molar-refractivity contribution in [3.8, 4) is 5.75 Å². The summed E-state index contributed by atoms with van der Waals surface area (Å²) in [7, 11) is -2.16. The smallest absolute Gasteiger partial charge is 0.285 e. The monoisotopic (exact) mass is 433 g/mol. The van der Waals surface area contributed by atoms with Gasteiger partial charge in [-0.05, 0) is 43.2 Å². The molecular weight excluding hydrogens is 414 g/mol. The molecule has 152 valence electrons. The van der Waals surface area contributed by atoms with Crippen LogP contribution < -0.4 is 10.1 Å². The highest BCUT2D eigenvalue weighted by Gasteiger charge is 2.35. The van der Waals surface area contributed by atoms with Gasteiger partial charge in [-0.1, -0.05) is 23.7 Å². The number of benzene rings is 2. The molecule has 0 radical (unpaired) electrons. The molecule has 1 amide bonds. The first-order valence-corrected chi connectivity index (χ1v) is 11.0. The maximum atomic E-state index is 12.9. The molecule has 1 N–H and O–H groups in total. The van der Waals surface area contributed by atoms with Crippen LogP contribution in [-0.4, -0.2) is 45.3 Å². The van der Waals surface area contributed by atoms with Crippen LogP contribution in [0.5, 0.6) is 5.75 Å². The highest BCUT2D eigenvalue weighted by atomic mass is 35.5. The van der Waals surface area contributed by atoms with Crippen LogP contribution in [0.4, 0.5) is 5.69 Å². The molecule has 1 unspecified atom stereocenters. The van der Waals surface area contributed by atoms with E-state index in [1.807, 2.05) is 4.90 Å². The van der Waals surface area contributed by atoms with Gasteiger partial charge in [0.1, 0.15) is 10.6 Å². The number of nitrogens with one attached hydrogen (secondary N) is 1. The fraction of sp³-hybridized carbons (Fsp3) is 0.300. The number of amidine groups is 1. The molecular formula is C20H20ClN3O4S. The summed E-state index contributed by atoms with van der Waals surface area (Å²) in [5.41, 5.74) is 1.10. The minimum absolute atomic E-state index is 0.162. The molecule has 2 aliphatic rings. The van der Waals surface area contributed by atoms with Crippen LogP contribution in [-0.2, 0) is 14.8 Å². The van der Waals surface area contributed by atoms with Gasteiger partial charge in [-0.15, -0.1) is 4.40 Å². The minimum Gasteiger partial charge on any atom is -0.495 e. The minimum atomic E-state index is -3.69. The Balaban J connectivity index is 1.54. The molecule has 0 aromatic heterocycles. The van der Waals surface area contributed by atoms with Gasteiger partial charge in [-0.2, -0.15) is 8.42 Å². The predicted octanol–water partition coefficient (Wildman–Crippen LogP) is 3.15. The van der Waals surface area contributed by atoms with Gasteiger partial charge in [0, 0.05) is 23.7 Å². The van der Waals surface area contributed by atoms with Crippen LogP contribution in [0.15, 0.2) is 51.8 Å². The normalized spacial score (nSPS) is 20.0. The van der Waals surface area contributed by atoms with Crippen molar-refractivity contribution in [2.75, 3.05) is 25.5 Å². The molecule has 1 fully saturated rings. The third-order valence-electron chi connectivity index (χ3n) is 5.12. The van der Waals surface area contributed by atoms with Gasteiger partial charge >= 0.3 is 0 Å². The van der Waals surface area contributed by atoms with Crippen LogP contribution >= 0.6 is 11.6 Å². The maximum absolute atomic E-state index is 12.9. The van der Waals surface area contributed by atoms with Crippen LogP contribution in [0, 0.1) is 5.92 Å². The second kappa shape index (κ2) is 7.68. The van der Waals surface area contributed by atoms with Gasteiger partial charge in [0.2, 0.25) is 5.91 Å². The first kappa shape index (κ1) is 19.7. The topological polar surface area (TPSA) is 88.1 Å². The number of hydrogen-bond donors (Lipinski definition) is 1. The number of piperidine rings is 1. The Hall–Kier alpha value is -2.58. The van der Waals surface area contributed by atoms with Crippen molar-refractivity contribution in [1.82, 2.24) is 4.90 Å². The van der Waals surface area contributed by atoms with E-state index in [0.717, 1.165) is 6.42 Å². The average Bonchev–Trinajstić information content (AvgIpc) is 3.00. The van der Waals surface area contributed by atoms with Crippen LogP contribution in [0.25, 0.3) is 0 Å². The van der Waals surface area contributed by atoms with Crippen LogP contribution in [0.1, 0.15) is 18.4 Å². The number of hydrogen-bond acceptors (Lipinski definition) is 5. The second-order valence-corrected chi connectivity index (χ2v) is 9.01. The quantitative estimate of drug-likeness (QED) is 0.803. The van der Waals surface area contributed by atoms with Crippen molar-refractivity contribution in [3.63, 3.8) is 0 Å². The first-order valence-electron chi connectivity index (χ1n) is 9.23. The highest BCUT2D eigenvalue weighted by molar-refractivity contribution is 7.90. The summed E-state index contributed by atoms with van der Waals surface area (Å²) in [5, 5.41) is 3.38. The van der Waals surface area contributed by atoms with Crippen molar-refractivity contribution in [3.05, 3.63) is 53.1 Å². The zero-order chi connectivity index (χ0) is 20.6. The number of amides is 1. The van der Waals surface area contributed by atoms with Gasteiger partial charge in [-0.25, -0.2) is 0 Å². The van der Waals surface area contributed by atoms with E-state index < -0.39 is 10.0 Å². The number of rotatable bonds is 3. The van der Waals surface area contributed by atoms with Gasteiger partial charge in [0.25, 0.3) is 10.0 Å². The van der Waals surface area contributed by atoms with Crippen molar-refractivity contribution in [2.24, 2.45) is 10.3 Å². The molecule has 0 spiro atoms. The van der Waals surface area contributed by atoms with Crippen molar-refractivity contribution in [1.29, 1.82) is 0 Å². The Morgan fingerprint density at radius 1 is 1.28 bits per heavy atom. The molecule has 7 nitrogen and oxygen atoms in total. The van der Waals surface area contributed by atoms with Gasteiger partial charge in [-0.3, -0.25) is 4.79 Å². The number of halogens is 1. The average molecular weight is 434 g/mol. The van der Waals surface area contributed by atoms with Gasteiger partial charge in [0.05, 0.1) is 18.7 Å². The van der Waals surface area contributed by atoms with E-state index in [1.165, 1.54) is 7.11 Å². The van der Waals surface area contributed by atoms with E-state index >= 15 is 0 Å². The van der Waals surface area contributed by atoms with Gasteiger partial charge < -0.3 is 15.0 Å². The Morgan fingerprint density at radius 2 is 2.07 bits per heavy atom. The largest absolute Gasteiger partial charge is 0.495 e. The second-order valence-electron chi connectivity index (χ2n) is 7.01. The van der Waals surface area contributed by atoms with E-state index in [1.54, 1.807) is 42.5 Å². The van der Waals surface area contributed by atoms with E-state index in [9.17, 15) is 13.2 Å². The highest BCUT2D eigenvalue weighted by Crippen LogP contribution is 2.31. The summed E-state index contributed by atoms with van der Waals surface area (Å²) >= 11 is 6.04. The lowest BCUT2D eigenvalue weighted by atomic mass is 9.96. The van der Waals surface area contributed by atoms with E-state index in [-0.39, 0.29) is 16.7 Å². The van der Waals surface area contributed by atoms with Crippen molar-refractivity contribution >= 4 is 39.1 Å². The van der Waals surface area contributed by atoms with E-state index in [0.29, 0.717) is 47.4 Å². The summed E-state index contributed by atoms with van der Waals surface area (Å²) in [6, 6.07) is 11.8. The lowest BCUT2D eigenvalue weighted by Crippen LogP contribution is -2.43. The number of carbonyl (C=O) groups excluding carboxylic acids is 1. The predicted molar refractivity (Wildman–Crippen MR) is 111 cm³/mol. The molecule has 0 saturated carbocycles. The number of likely N-dealkylation sites (tertiary alicyclic amines) is 1. The van der Waals surface area contributed by atoms with E-state index in [2.05, 4.69) is 9.71 Å². The molecule has 0 aliphatic carbocycles. The Bertz CT molecular complexity index is 1100. The standard InChI is InChI=1S/C20H20ClN3O4S/c1-28-17-9-8-14(21)11-16(17)22-20(25)13-5-4-10-24(12-13)19-15-6-2-3-7-18(15)29(26,27)23-19/h2-3,6-9,11,13H,4-5,10,12H2,1H3,(H,22,25). The van der Waals surface area contributed by atoms with Crippen LogP contribution in [0.2, 0.25) is 5.02 Å². The summed E-state index contributed by atoms with van der Waals surface area (Å²) in [5.74, 6) is 0.463. The first-order chi connectivity index (χ1) is 13.9. The number of methoxy groups -OCH3 is 1. The molecule has 1 saturated heterocycles. The van der Waals surface area contributed by atoms with Crippen molar-refractivity contribution < 1.29 is 17.9 Å². The molecule has 4 rings (SSSR count). The van der Waals surface area contributed by atoms with Gasteiger partial charge in [0.15, 0.2) is 5.84 Å². The molecule has 0 bridgehead atoms. The lowest BCUT2D eigenvalue weighted by Gasteiger charge is -2.33. The van der Waals surface area contributed by atoms with E-state index in [4.69, 9.17) is 16.3 Å². The molecule has 2 aromatic rings. The lowest BCUT2D eigenvalue weighted by molar-refractivity contribution is -0.121. The Labute approximate surface area is 174 Å². The summed E-state index contributed by atoms with van der Waals surface area (Å²) in [6.07, 6.45) is 1.46. The third-order valence-corrected chi connectivity index (χ3v) is 6.68. The summed E-state index contributed by atoms with van der Waals surface area (Å²) in [4.78, 5) is 15.0. The van der Waals surface area contributed by atoms with Crippen molar-refractivity contribution in [2.45, 2.75) is 17.7 Å². The Kier molecular flexibility index (Phi) is 5.23. The zero-order valence-electron chi connectivity index (χ0n) is 15.8. The number of nitrogens with zero attached hydrogens (tertiary/aromatic N) is 2. The summed E-state index contributed by atoms with van der Waals surface area (Å²) in [6.45, 7) is 1.03. The molecule has 29 heavy (non-hydrogen) atoms. The number of sulfonamides is 1. The molecule has 1 atom stereocenters. The zero-order valence-corrected chi connectivity index (χ0v) is 17.3. The Morgan fingerprint density at radius 3 is 2.86 bits per heavy atom. The SMILES string of the molecule is COc1ccc(Cl)cc1NC(=O)C1CCCN(C2=NS(=O)(=O)c3ccccc32)C1. The number of anilines is 1. The third kappa shape index (κ3) is 3.82. The number of fused-ring (bicyclic) bond motifs is 1. The maximum Gasteiger partial charge on any atom is 0.285 e. The van der Waals surface area contributed by atoms with Crippen LogP contribution in [0.3, 0.4) is 0 Å².